The summed E-state index contributed by atoms with van der Waals surface area (Å²) in [5, 5.41) is 13.3. The van der Waals surface area contributed by atoms with Gasteiger partial charge in [0.15, 0.2) is 5.82 Å². The van der Waals surface area contributed by atoms with Gasteiger partial charge in [-0.3, -0.25) is 0 Å². The topological polar surface area (TPSA) is 76.4 Å². The van der Waals surface area contributed by atoms with Crippen LogP contribution in [-0.2, 0) is 6.61 Å². The number of aryl methyl sites for hydroxylation is 2. The molecule has 2 aromatic rings. The van der Waals surface area contributed by atoms with Crippen LogP contribution in [-0.4, -0.2) is 19.7 Å². The minimum atomic E-state index is 0.000463. The lowest BCUT2D eigenvalue weighted by Gasteiger charge is -1.98. The number of hydrogen-bond acceptors (Lipinski definition) is 4. The van der Waals surface area contributed by atoms with Gasteiger partial charge in [0.2, 0.25) is 0 Å². The van der Waals surface area contributed by atoms with Crippen molar-refractivity contribution in [2.24, 2.45) is 0 Å². The Morgan fingerprint density at radius 1 is 1.50 bits per heavy atom. The monoisotopic (exact) mass is 192 g/mol. The highest BCUT2D eigenvalue weighted by molar-refractivity contribution is 5.72. The van der Waals surface area contributed by atoms with Crippen molar-refractivity contribution in [3.63, 3.8) is 0 Å². The van der Waals surface area contributed by atoms with Gasteiger partial charge in [0.25, 0.3) is 0 Å². The minimum Gasteiger partial charge on any atom is -0.392 e. The summed E-state index contributed by atoms with van der Waals surface area (Å²) in [5.74, 6) is 0.445. The Kier molecular flexibility index (Phi) is 1.89. The first kappa shape index (κ1) is 8.96. The maximum absolute atomic E-state index is 9.19. The first-order valence-corrected chi connectivity index (χ1v) is 4.35. The molecule has 5 nitrogen and oxygen atoms in total. The fraction of sp³-hybridized carbons (Fsp3) is 0.333. The summed E-state index contributed by atoms with van der Waals surface area (Å²) in [6, 6.07) is 0. The smallest absolute Gasteiger partial charge is 0.151 e. The summed E-state index contributed by atoms with van der Waals surface area (Å²) in [4.78, 5) is 3.92. The van der Waals surface area contributed by atoms with Crippen molar-refractivity contribution >= 4 is 11.3 Å². The van der Waals surface area contributed by atoms with Gasteiger partial charge in [0, 0.05) is 11.3 Å². The lowest BCUT2D eigenvalue weighted by atomic mass is 10.1. The van der Waals surface area contributed by atoms with Crippen LogP contribution in [0.4, 0.5) is 5.82 Å². The van der Waals surface area contributed by atoms with Crippen LogP contribution in [0, 0.1) is 13.8 Å². The SMILES string of the molecule is Cc1c(CO)c(C)n2ncnc(N)c12. The van der Waals surface area contributed by atoms with E-state index in [1.807, 2.05) is 13.8 Å². The molecule has 0 unspecified atom stereocenters. The van der Waals surface area contributed by atoms with Gasteiger partial charge in [-0.1, -0.05) is 0 Å². The van der Waals surface area contributed by atoms with E-state index < -0.39 is 0 Å². The summed E-state index contributed by atoms with van der Waals surface area (Å²) in [6.45, 7) is 3.81. The predicted octanol–water partition coefficient (Wildman–Crippen LogP) is 0.421. The number of nitrogens with zero attached hydrogens (tertiary/aromatic N) is 3. The Morgan fingerprint density at radius 3 is 2.79 bits per heavy atom. The second-order valence-corrected chi connectivity index (χ2v) is 3.25. The molecule has 74 valence electrons. The normalized spacial score (nSPS) is 11.1. The maximum atomic E-state index is 9.19. The molecule has 0 radical (unpaired) electrons. The van der Waals surface area contributed by atoms with Crippen LogP contribution in [0.2, 0.25) is 0 Å². The minimum absolute atomic E-state index is 0.000463. The van der Waals surface area contributed by atoms with E-state index in [-0.39, 0.29) is 6.61 Å². The first-order chi connectivity index (χ1) is 6.66. The summed E-state index contributed by atoms with van der Waals surface area (Å²) >= 11 is 0. The number of aliphatic hydroxyl groups is 1. The molecule has 0 aliphatic rings. The molecule has 0 saturated heterocycles. The number of rotatable bonds is 1. The third kappa shape index (κ3) is 0.990. The van der Waals surface area contributed by atoms with Crippen molar-refractivity contribution in [2.75, 3.05) is 5.73 Å². The molecule has 0 aromatic carbocycles. The van der Waals surface area contributed by atoms with E-state index in [0.717, 1.165) is 22.3 Å². The molecular weight excluding hydrogens is 180 g/mol. The average molecular weight is 192 g/mol. The van der Waals surface area contributed by atoms with Gasteiger partial charge in [-0.2, -0.15) is 5.10 Å². The molecule has 0 aliphatic carbocycles. The molecule has 3 N–H and O–H groups in total. The number of nitrogen functional groups attached to an aromatic ring is 1. The highest BCUT2D eigenvalue weighted by atomic mass is 16.3. The average Bonchev–Trinajstić information content (AvgIpc) is 2.41. The van der Waals surface area contributed by atoms with Crippen LogP contribution >= 0.6 is 0 Å². The van der Waals surface area contributed by atoms with Gasteiger partial charge in [0.05, 0.1) is 6.61 Å². The fourth-order valence-electron chi connectivity index (χ4n) is 1.75. The van der Waals surface area contributed by atoms with Gasteiger partial charge < -0.3 is 10.8 Å². The van der Waals surface area contributed by atoms with Crippen LogP contribution in [0.5, 0.6) is 0 Å². The molecule has 0 amide bonds. The van der Waals surface area contributed by atoms with E-state index in [1.165, 1.54) is 6.33 Å². The third-order valence-corrected chi connectivity index (χ3v) is 2.54. The van der Waals surface area contributed by atoms with Crippen molar-refractivity contribution in [1.82, 2.24) is 14.6 Å². The number of nitrogens with two attached hydrogens (primary N) is 1. The largest absolute Gasteiger partial charge is 0.392 e. The van der Waals surface area contributed by atoms with Crippen LogP contribution in [0.15, 0.2) is 6.33 Å². The molecular formula is C9H12N4O. The van der Waals surface area contributed by atoms with Crippen LogP contribution in [0.25, 0.3) is 5.52 Å². The Labute approximate surface area is 81.2 Å². The summed E-state index contributed by atoms with van der Waals surface area (Å²) in [7, 11) is 0. The van der Waals surface area contributed by atoms with Crippen LogP contribution in [0.1, 0.15) is 16.8 Å². The van der Waals surface area contributed by atoms with Crippen molar-refractivity contribution in [1.29, 1.82) is 0 Å². The number of hydrogen-bond donors (Lipinski definition) is 2. The summed E-state index contributed by atoms with van der Waals surface area (Å²) in [6.07, 6.45) is 1.41. The zero-order chi connectivity index (χ0) is 10.3. The quantitative estimate of drug-likeness (QED) is 0.686. The number of fused-ring (bicyclic) bond motifs is 1. The molecule has 2 aromatic heterocycles. The molecule has 0 bridgehead atoms. The number of aromatic nitrogens is 3. The van der Waals surface area contributed by atoms with Gasteiger partial charge >= 0.3 is 0 Å². The first-order valence-electron chi connectivity index (χ1n) is 4.35. The Hall–Kier alpha value is -1.62. The fourth-order valence-corrected chi connectivity index (χ4v) is 1.75. The molecule has 0 aliphatic heterocycles. The van der Waals surface area contributed by atoms with E-state index in [0.29, 0.717) is 5.82 Å². The second-order valence-electron chi connectivity index (χ2n) is 3.25. The van der Waals surface area contributed by atoms with Gasteiger partial charge in [-0.05, 0) is 19.4 Å². The van der Waals surface area contributed by atoms with E-state index >= 15 is 0 Å². The zero-order valence-electron chi connectivity index (χ0n) is 8.15. The Bertz CT molecular complexity index is 489. The number of aliphatic hydroxyl groups excluding tert-OH is 1. The van der Waals surface area contributed by atoms with Crippen molar-refractivity contribution < 1.29 is 5.11 Å². The van der Waals surface area contributed by atoms with E-state index in [1.54, 1.807) is 4.52 Å². The van der Waals surface area contributed by atoms with E-state index in [9.17, 15) is 5.11 Å². The van der Waals surface area contributed by atoms with Gasteiger partial charge in [0.1, 0.15) is 11.8 Å². The lowest BCUT2D eigenvalue weighted by molar-refractivity contribution is 0.280. The van der Waals surface area contributed by atoms with Crippen LogP contribution < -0.4 is 5.73 Å². The molecule has 14 heavy (non-hydrogen) atoms. The number of anilines is 1. The maximum Gasteiger partial charge on any atom is 0.151 e. The Balaban J connectivity index is 2.94. The second kappa shape index (κ2) is 2.95. The van der Waals surface area contributed by atoms with Crippen molar-refractivity contribution in [2.45, 2.75) is 20.5 Å². The van der Waals surface area contributed by atoms with E-state index in [4.69, 9.17) is 5.73 Å². The molecule has 2 heterocycles. The summed E-state index contributed by atoms with van der Waals surface area (Å²) < 4.78 is 1.71. The van der Waals surface area contributed by atoms with E-state index in [2.05, 4.69) is 10.1 Å². The lowest BCUT2D eigenvalue weighted by Crippen LogP contribution is -2.00. The molecule has 0 spiro atoms. The molecule has 0 atom stereocenters. The van der Waals surface area contributed by atoms with Gasteiger partial charge in [-0.15, -0.1) is 0 Å². The molecule has 2 rings (SSSR count). The molecule has 0 saturated carbocycles. The van der Waals surface area contributed by atoms with Crippen molar-refractivity contribution in [3.8, 4) is 0 Å². The van der Waals surface area contributed by atoms with Gasteiger partial charge in [-0.25, -0.2) is 9.50 Å². The summed E-state index contributed by atoms with van der Waals surface area (Å²) in [5.41, 5.74) is 9.26. The zero-order valence-corrected chi connectivity index (χ0v) is 8.15. The molecule has 5 heteroatoms. The molecule has 0 fully saturated rings. The Morgan fingerprint density at radius 2 is 2.21 bits per heavy atom. The third-order valence-electron chi connectivity index (χ3n) is 2.54. The van der Waals surface area contributed by atoms with Crippen molar-refractivity contribution in [3.05, 3.63) is 23.1 Å². The highest BCUT2D eigenvalue weighted by Gasteiger charge is 2.14. The van der Waals surface area contributed by atoms with Crippen LogP contribution in [0.3, 0.4) is 0 Å². The standard InChI is InChI=1S/C9H12N4O/c1-5-7(3-14)6(2)13-8(5)9(10)11-4-12-13/h4,14H,3H2,1-2H3,(H2,10,11,12). The predicted molar refractivity (Wildman–Crippen MR) is 52.8 cm³/mol. The highest BCUT2D eigenvalue weighted by Crippen LogP contribution is 2.24.